The Labute approximate surface area is 204 Å². The van der Waals surface area contributed by atoms with Crippen LogP contribution in [0.1, 0.15) is 15.9 Å². The van der Waals surface area contributed by atoms with Gasteiger partial charge in [0, 0.05) is 16.8 Å². The van der Waals surface area contributed by atoms with E-state index in [2.05, 4.69) is 59.2 Å². The molecule has 0 atom stereocenters. The van der Waals surface area contributed by atoms with E-state index in [-0.39, 0.29) is 17.0 Å². The van der Waals surface area contributed by atoms with Gasteiger partial charge in [0.15, 0.2) is 5.52 Å². The number of imidazole rings is 1. The van der Waals surface area contributed by atoms with Crippen LogP contribution < -0.4 is 21.5 Å². The average molecular weight is 508 g/mol. The van der Waals surface area contributed by atoms with Crippen molar-refractivity contribution in [1.82, 2.24) is 9.61 Å². The fraction of sp³-hybridized carbons (Fsp3) is 0.0357. The number of rotatable bonds is 3. The Hall–Kier alpha value is -4.03. The second-order valence-electron chi connectivity index (χ2n) is 8.46. The van der Waals surface area contributed by atoms with Crippen molar-refractivity contribution in [2.24, 2.45) is 0 Å². The number of hydrogen-bond donors (Lipinski definition) is 1. The molecule has 0 spiro atoms. The molecule has 0 unspecified atom stereocenters. The van der Waals surface area contributed by atoms with Crippen LogP contribution in [0.15, 0.2) is 91.0 Å². The molecule has 0 bridgehead atoms. The minimum atomic E-state index is -0.914. The maximum Gasteiger partial charge on any atom is 0.335 e. The average Bonchev–Trinajstić information content (AvgIpc) is 3.33. The van der Waals surface area contributed by atoms with Gasteiger partial charge in [0.1, 0.15) is 12.1 Å². The van der Waals surface area contributed by atoms with Gasteiger partial charge in [0.05, 0.1) is 5.56 Å². The minimum absolute atomic E-state index is 0. The number of aromatic nitrogens is 3. The first-order chi connectivity index (χ1) is 16.2. The molecule has 0 amide bonds. The number of benzene rings is 4. The second kappa shape index (κ2) is 7.50. The van der Waals surface area contributed by atoms with Crippen molar-refractivity contribution in [3.05, 3.63) is 102 Å². The molecule has 7 aromatic rings. The summed E-state index contributed by atoms with van der Waals surface area (Å²) in [6.45, 7) is 0.620. The predicted molar refractivity (Wildman–Crippen MR) is 129 cm³/mol. The summed E-state index contributed by atoms with van der Waals surface area (Å²) < 4.78 is 4.28. The van der Waals surface area contributed by atoms with Gasteiger partial charge in [-0.05, 0) is 46.0 Å². The SMILES string of the molecule is O=C(O)c1ccc(C[n+]2c3ccccc3n3nc4c(cc32)c2cccc3cccc4c32)cc1.[Br-]. The molecule has 1 N–H and O–H groups in total. The van der Waals surface area contributed by atoms with Crippen LogP contribution in [0.5, 0.6) is 0 Å². The van der Waals surface area contributed by atoms with E-state index in [0.717, 1.165) is 33.1 Å². The lowest BCUT2D eigenvalue weighted by Gasteiger charge is -2.01. The van der Waals surface area contributed by atoms with Crippen LogP contribution in [0.3, 0.4) is 0 Å². The molecule has 5 nitrogen and oxygen atoms in total. The summed E-state index contributed by atoms with van der Waals surface area (Å²) >= 11 is 0. The third kappa shape index (κ3) is 2.82. The third-order valence-corrected chi connectivity index (χ3v) is 6.61. The number of carbonyl (C=O) groups is 1. The van der Waals surface area contributed by atoms with E-state index in [9.17, 15) is 9.90 Å². The first-order valence-electron chi connectivity index (χ1n) is 10.9. The second-order valence-corrected chi connectivity index (χ2v) is 8.46. The van der Waals surface area contributed by atoms with E-state index in [1.54, 1.807) is 12.1 Å². The highest BCUT2D eigenvalue weighted by atomic mass is 79.9. The fourth-order valence-corrected chi connectivity index (χ4v) is 5.10. The molecule has 0 saturated carbocycles. The van der Waals surface area contributed by atoms with Crippen LogP contribution in [0.4, 0.5) is 0 Å². The molecule has 0 radical (unpaired) electrons. The van der Waals surface area contributed by atoms with Gasteiger partial charge < -0.3 is 22.1 Å². The summed E-state index contributed by atoms with van der Waals surface area (Å²) in [5.41, 5.74) is 5.47. The lowest BCUT2D eigenvalue weighted by molar-refractivity contribution is -0.636. The van der Waals surface area contributed by atoms with E-state index < -0.39 is 5.97 Å². The van der Waals surface area contributed by atoms with Gasteiger partial charge in [-0.25, -0.2) is 9.36 Å². The van der Waals surface area contributed by atoms with Crippen molar-refractivity contribution in [2.45, 2.75) is 6.54 Å². The van der Waals surface area contributed by atoms with Gasteiger partial charge in [-0.3, -0.25) is 0 Å². The minimum Gasteiger partial charge on any atom is -1.00 e. The largest absolute Gasteiger partial charge is 1.00 e. The van der Waals surface area contributed by atoms with Crippen molar-refractivity contribution in [1.29, 1.82) is 0 Å². The summed E-state index contributed by atoms with van der Waals surface area (Å²) in [5.74, 6) is -0.914. The summed E-state index contributed by atoms with van der Waals surface area (Å²) in [7, 11) is 0. The van der Waals surface area contributed by atoms with Crippen LogP contribution >= 0.6 is 0 Å². The van der Waals surface area contributed by atoms with Crippen molar-refractivity contribution in [3.8, 4) is 0 Å². The Morgan fingerprint density at radius 3 is 2.35 bits per heavy atom. The van der Waals surface area contributed by atoms with E-state index in [1.807, 2.05) is 28.8 Å². The van der Waals surface area contributed by atoms with Crippen LogP contribution in [0.25, 0.3) is 49.1 Å². The maximum absolute atomic E-state index is 11.2. The number of halogens is 1. The van der Waals surface area contributed by atoms with Crippen molar-refractivity contribution in [3.63, 3.8) is 0 Å². The number of nitrogens with zero attached hydrogens (tertiary/aromatic N) is 3. The number of fused-ring (bicyclic) bond motifs is 6. The highest BCUT2D eigenvalue weighted by molar-refractivity contribution is 6.29. The van der Waals surface area contributed by atoms with Crippen molar-refractivity contribution >= 4 is 55.1 Å². The van der Waals surface area contributed by atoms with Crippen LogP contribution in [0, 0.1) is 0 Å². The highest BCUT2D eigenvalue weighted by Gasteiger charge is 2.24. The van der Waals surface area contributed by atoms with Gasteiger partial charge in [0.25, 0.3) is 0 Å². The lowest BCUT2D eigenvalue weighted by atomic mass is 10.1. The number of para-hydroxylation sites is 2. The molecular weight excluding hydrogens is 490 g/mol. The maximum atomic E-state index is 11.2. The molecule has 2 aromatic heterocycles. The molecule has 34 heavy (non-hydrogen) atoms. The smallest absolute Gasteiger partial charge is 0.335 e. The van der Waals surface area contributed by atoms with Crippen LogP contribution in [-0.4, -0.2) is 20.7 Å². The summed E-state index contributed by atoms with van der Waals surface area (Å²) in [4.78, 5) is 11.2. The molecular formula is C28H18BrN3O2. The number of hydrogen-bond acceptors (Lipinski definition) is 2. The van der Waals surface area contributed by atoms with E-state index in [0.29, 0.717) is 12.1 Å². The topological polar surface area (TPSA) is 58.5 Å². The third-order valence-electron chi connectivity index (χ3n) is 6.61. The van der Waals surface area contributed by atoms with Crippen LogP contribution in [-0.2, 0) is 6.54 Å². The summed E-state index contributed by atoms with van der Waals surface area (Å²) in [6.07, 6.45) is 0. The summed E-state index contributed by atoms with van der Waals surface area (Å²) in [6, 6.07) is 30.4. The highest BCUT2D eigenvalue weighted by Crippen LogP contribution is 2.37. The normalized spacial score (nSPS) is 11.6. The van der Waals surface area contributed by atoms with Crippen molar-refractivity contribution in [2.75, 3.05) is 0 Å². The molecule has 0 aliphatic rings. The molecule has 0 aliphatic carbocycles. The molecule has 164 valence electrons. The standard InChI is InChI=1S/C28H17N3O2.BrH/c32-28(33)19-13-11-17(12-14-19)16-30-23-9-1-2-10-24(23)31-25(30)15-22-20-7-3-5-18-6-4-8-21(26(18)20)27(22)29-31;/h1-15H,16H2;1H. The molecule has 0 fully saturated rings. The predicted octanol–water partition coefficient (Wildman–Crippen LogP) is 2.42. The Morgan fingerprint density at radius 2 is 1.59 bits per heavy atom. The number of carboxylic acids is 1. The molecule has 5 aromatic carbocycles. The quantitative estimate of drug-likeness (QED) is 0.373. The molecule has 0 aliphatic heterocycles. The van der Waals surface area contributed by atoms with Crippen molar-refractivity contribution < 1.29 is 31.4 Å². The van der Waals surface area contributed by atoms with Gasteiger partial charge in [0.2, 0.25) is 5.52 Å². The first kappa shape index (κ1) is 20.6. The molecule has 6 heteroatoms. The van der Waals surface area contributed by atoms with Gasteiger partial charge >= 0.3 is 11.6 Å². The fourth-order valence-electron chi connectivity index (χ4n) is 5.10. The zero-order valence-corrected chi connectivity index (χ0v) is 19.5. The van der Waals surface area contributed by atoms with E-state index >= 15 is 0 Å². The number of aromatic carboxylic acids is 1. The Bertz CT molecular complexity index is 1870. The van der Waals surface area contributed by atoms with Gasteiger partial charge in [-0.2, -0.15) is 0 Å². The van der Waals surface area contributed by atoms with Crippen LogP contribution in [0.2, 0.25) is 0 Å². The Kier molecular flexibility index (Phi) is 4.54. The van der Waals surface area contributed by atoms with Gasteiger partial charge in [-0.15, -0.1) is 0 Å². The monoisotopic (exact) mass is 507 g/mol. The Balaban J connectivity index is 0.00000217. The molecule has 0 saturated heterocycles. The first-order valence-corrected chi connectivity index (χ1v) is 10.9. The summed E-state index contributed by atoms with van der Waals surface area (Å²) in [5, 5.41) is 20.4. The Morgan fingerprint density at radius 1 is 0.853 bits per heavy atom. The zero-order chi connectivity index (χ0) is 22.1. The van der Waals surface area contributed by atoms with E-state index in [1.165, 1.54) is 21.5 Å². The zero-order valence-electron chi connectivity index (χ0n) is 17.9. The van der Waals surface area contributed by atoms with Gasteiger partial charge in [-0.1, -0.05) is 70.3 Å². The lowest BCUT2D eigenvalue weighted by Crippen LogP contribution is -3.00. The molecule has 7 rings (SSSR count). The van der Waals surface area contributed by atoms with E-state index in [4.69, 9.17) is 5.10 Å². The molecule has 2 heterocycles. The number of carboxylic acid groups (broad SMARTS) is 1.